The van der Waals surface area contributed by atoms with Crippen molar-refractivity contribution < 1.29 is 9.90 Å². The number of carbonyl (C=O) groups excluding carboxylic acids is 1. The van der Waals surface area contributed by atoms with Crippen LogP contribution >= 0.6 is 11.6 Å². The number of rotatable bonds is 6. The van der Waals surface area contributed by atoms with Crippen LogP contribution in [0.3, 0.4) is 0 Å². The van der Waals surface area contributed by atoms with Gasteiger partial charge in [-0.1, -0.05) is 37.6 Å². The van der Waals surface area contributed by atoms with Crippen molar-refractivity contribution in [3.8, 4) is 0 Å². The minimum atomic E-state index is -0.532. The average molecular weight is 282 g/mol. The smallest absolute Gasteiger partial charge is 0.244 e. The van der Waals surface area contributed by atoms with Crippen LogP contribution in [0, 0.1) is 0 Å². The van der Waals surface area contributed by atoms with Crippen molar-refractivity contribution in [1.29, 1.82) is 0 Å². The van der Waals surface area contributed by atoms with Crippen LogP contribution in [0.25, 0.3) is 6.08 Å². The number of nitrogens with one attached hydrogen (secondary N) is 1. The van der Waals surface area contributed by atoms with Crippen LogP contribution in [-0.4, -0.2) is 23.2 Å². The quantitative estimate of drug-likeness (QED) is 0.788. The third kappa shape index (κ3) is 4.69. The highest BCUT2D eigenvalue weighted by atomic mass is 35.5. The van der Waals surface area contributed by atoms with E-state index < -0.39 is 5.54 Å². The molecule has 0 unspecified atom stereocenters. The Morgan fingerprint density at radius 1 is 1.42 bits per heavy atom. The summed E-state index contributed by atoms with van der Waals surface area (Å²) in [4.78, 5) is 11.9. The molecule has 0 aliphatic carbocycles. The van der Waals surface area contributed by atoms with Gasteiger partial charge in [0.2, 0.25) is 5.91 Å². The first kappa shape index (κ1) is 15.7. The molecule has 0 aromatic heterocycles. The highest BCUT2D eigenvalue weighted by molar-refractivity contribution is 6.30. The number of halogens is 1. The molecule has 0 atom stereocenters. The first-order chi connectivity index (χ1) is 9.05. The summed E-state index contributed by atoms with van der Waals surface area (Å²) in [5, 5.41) is 12.9. The van der Waals surface area contributed by atoms with Crippen molar-refractivity contribution in [1.82, 2.24) is 5.32 Å². The van der Waals surface area contributed by atoms with Crippen molar-refractivity contribution in [2.24, 2.45) is 0 Å². The molecule has 0 bridgehead atoms. The summed E-state index contributed by atoms with van der Waals surface area (Å²) < 4.78 is 0. The van der Waals surface area contributed by atoms with E-state index in [0.717, 1.165) is 5.56 Å². The second kappa shape index (κ2) is 7.31. The summed E-state index contributed by atoms with van der Waals surface area (Å²) in [6.45, 7) is 3.83. The molecule has 0 fully saturated rings. The number of amides is 1. The molecular formula is C15H20ClNO2. The largest absolute Gasteiger partial charge is 0.394 e. The summed E-state index contributed by atoms with van der Waals surface area (Å²) >= 11 is 5.87. The molecule has 3 nitrogen and oxygen atoms in total. The third-order valence-electron chi connectivity index (χ3n) is 3.32. The van der Waals surface area contributed by atoms with E-state index in [9.17, 15) is 9.90 Å². The van der Waals surface area contributed by atoms with Crippen LogP contribution in [0.2, 0.25) is 5.02 Å². The van der Waals surface area contributed by atoms with E-state index in [1.807, 2.05) is 26.0 Å². The third-order valence-corrected chi connectivity index (χ3v) is 3.56. The van der Waals surface area contributed by atoms with Gasteiger partial charge in [0.15, 0.2) is 0 Å². The highest BCUT2D eigenvalue weighted by Crippen LogP contribution is 2.15. The summed E-state index contributed by atoms with van der Waals surface area (Å²) in [5.74, 6) is -0.210. The van der Waals surface area contributed by atoms with E-state index in [0.29, 0.717) is 17.9 Å². The number of carbonyl (C=O) groups is 1. The topological polar surface area (TPSA) is 49.3 Å². The second-order valence-corrected chi connectivity index (χ2v) is 4.96. The SMILES string of the molecule is CCC(CC)(CO)NC(=O)/C=C/c1cccc(Cl)c1. The monoisotopic (exact) mass is 281 g/mol. The van der Waals surface area contributed by atoms with Crippen LogP contribution in [0.1, 0.15) is 32.3 Å². The Kier molecular flexibility index (Phi) is 6.06. The molecule has 4 heteroatoms. The van der Waals surface area contributed by atoms with E-state index >= 15 is 0 Å². The molecule has 0 aliphatic rings. The van der Waals surface area contributed by atoms with Crippen LogP contribution in [0.4, 0.5) is 0 Å². The van der Waals surface area contributed by atoms with Gasteiger partial charge in [0.1, 0.15) is 0 Å². The predicted octanol–water partition coefficient (Wildman–Crippen LogP) is 3.02. The maximum absolute atomic E-state index is 11.9. The average Bonchev–Trinajstić information content (AvgIpc) is 2.43. The van der Waals surface area contributed by atoms with Gasteiger partial charge in [0.25, 0.3) is 0 Å². The zero-order chi connectivity index (χ0) is 14.3. The Balaban J connectivity index is 2.69. The molecule has 0 heterocycles. The van der Waals surface area contributed by atoms with Crippen molar-refractivity contribution in [3.63, 3.8) is 0 Å². The molecule has 2 N–H and O–H groups in total. The minimum absolute atomic E-state index is 0.0588. The maximum Gasteiger partial charge on any atom is 0.244 e. The maximum atomic E-state index is 11.9. The highest BCUT2D eigenvalue weighted by Gasteiger charge is 2.26. The lowest BCUT2D eigenvalue weighted by Gasteiger charge is -2.30. The molecule has 0 saturated carbocycles. The number of hydrogen-bond acceptors (Lipinski definition) is 2. The summed E-state index contributed by atoms with van der Waals surface area (Å²) in [7, 11) is 0. The number of aliphatic hydroxyl groups is 1. The van der Waals surface area contributed by atoms with Crippen molar-refractivity contribution in [3.05, 3.63) is 40.9 Å². The van der Waals surface area contributed by atoms with Gasteiger partial charge < -0.3 is 10.4 Å². The molecule has 104 valence electrons. The number of benzene rings is 1. The lowest BCUT2D eigenvalue weighted by molar-refractivity contribution is -0.119. The van der Waals surface area contributed by atoms with Crippen LogP contribution in [0.5, 0.6) is 0 Å². The van der Waals surface area contributed by atoms with Crippen molar-refractivity contribution >= 4 is 23.6 Å². The minimum Gasteiger partial charge on any atom is -0.394 e. The lowest BCUT2D eigenvalue weighted by atomic mass is 9.94. The zero-order valence-corrected chi connectivity index (χ0v) is 12.1. The standard InChI is InChI=1S/C15H20ClNO2/c1-3-15(4-2,11-18)17-14(19)9-8-12-6-5-7-13(16)10-12/h5-10,18H,3-4,11H2,1-2H3,(H,17,19)/b9-8+. The fraction of sp³-hybridized carbons (Fsp3) is 0.400. The Hall–Kier alpha value is -1.32. The Morgan fingerprint density at radius 3 is 2.63 bits per heavy atom. The molecule has 19 heavy (non-hydrogen) atoms. The summed E-state index contributed by atoms with van der Waals surface area (Å²) in [6, 6.07) is 7.26. The van der Waals surface area contributed by atoms with Crippen LogP contribution < -0.4 is 5.32 Å². The molecule has 0 saturated heterocycles. The van der Waals surface area contributed by atoms with Gasteiger partial charge in [0, 0.05) is 11.1 Å². The Labute approximate surface area is 119 Å². The predicted molar refractivity (Wildman–Crippen MR) is 79.0 cm³/mol. The fourth-order valence-corrected chi connectivity index (χ4v) is 1.97. The van der Waals surface area contributed by atoms with Crippen molar-refractivity contribution in [2.75, 3.05) is 6.61 Å². The normalized spacial score (nSPS) is 11.8. The van der Waals surface area contributed by atoms with E-state index in [4.69, 9.17) is 11.6 Å². The zero-order valence-electron chi connectivity index (χ0n) is 11.3. The Bertz CT molecular complexity index is 445. The Morgan fingerprint density at radius 2 is 2.11 bits per heavy atom. The van der Waals surface area contributed by atoms with Gasteiger partial charge in [-0.05, 0) is 36.6 Å². The van der Waals surface area contributed by atoms with Gasteiger partial charge in [0.05, 0.1) is 12.1 Å². The van der Waals surface area contributed by atoms with E-state index in [2.05, 4.69) is 5.32 Å². The van der Waals surface area contributed by atoms with Gasteiger partial charge >= 0.3 is 0 Å². The van der Waals surface area contributed by atoms with E-state index in [1.165, 1.54) is 6.08 Å². The molecule has 1 rings (SSSR count). The molecule has 0 radical (unpaired) electrons. The fourth-order valence-electron chi connectivity index (χ4n) is 1.78. The molecule has 1 aromatic carbocycles. The molecule has 0 spiro atoms. The molecule has 1 aromatic rings. The number of hydrogen-bond donors (Lipinski definition) is 2. The molecular weight excluding hydrogens is 262 g/mol. The van der Waals surface area contributed by atoms with E-state index in [-0.39, 0.29) is 12.5 Å². The first-order valence-corrected chi connectivity index (χ1v) is 6.79. The van der Waals surface area contributed by atoms with Crippen molar-refractivity contribution in [2.45, 2.75) is 32.2 Å². The summed E-state index contributed by atoms with van der Waals surface area (Å²) in [5.41, 5.74) is 0.334. The van der Waals surface area contributed by atoms with E-state index in [1.54, 1.807) is 18.2 Å². The van der Waals surface area contributed by atoms with Crippen LogP contribution in [-0.2, 0) is 4.79 Å². The van der Waals surface area contributed by atoms with Gasteiger partial charge in [-0.2, -0.15) is 0 Å². The van der Waals surface area contributed by atoms with Gasteiger partial charge in [-0.3, -0.25) is 4.79 Å². The second-order valence-electron chi connectivity index (χ2n) is 4.52. The van der Waals surface area contributed by atoms with Gasteiger partial charge in [-0.15, -0.1) is 0 Å². The van der Waals surface area contributed by atoms with Crippen LogP contribution in [0.15, 0.2) is 30.3 Å². The lowest BCUT2D eigenvalue weighted by Crippen LogP contribution is -2.49. The van der Waals surface area contributed by atoms with Gasteiger partial charge in [-0.25, -0.2) is 0 Å². The molecule has 1 amide bonds. The first-order valence-electron chi connectivity index (χ1n) is 6.42. The summed E-state index contributed by atoms with van der Waals surface area (Å²) in [6.07, 6.45) is 4.55. The number of aliphatic hydroxyl groups excluding tert-OH is 1. The molecule has 0 aliphatic heterocycles.